The Morgan fingerprint density at radius 2 is 1.91 bits per heavy atom. The number of imidazole rings is 1. The molecule has 5 rings (SSSR count). The second-order valence-electron chi connectivity index (χ2n) is 7.65. The van der Waals surface area contributed by atoms with Crippen molar-refractivity contribution in [3.63, 3.8) is 0 Å². The maximum absolute atomic E-state index is 12.9. The zero-order valence-electron chi connectivity index (χ0n) is 16.6. The van der Waals surface area contributed by atoms with Crippen LogP contribution < -0.4 is 16.1 Å². The van der Waals surface area contributed by atoms with Crippen molar-refractivity contribution < 1.29 is 13.2 Å². The van der Waals surface area contributed by atoms with E-state index in [2.05, 4.69) is 25.0 Å². The average molecular weight is 442 g/mol. The van der Waals surface area contributed by atoms with E-state index in [1.165, 1.54) is 18.3 Å². The van der Waals surface area contributed by atoms with Crippen LogP contribution in [-0.4, -0.2) is 37.7 Å². The smallest absolute Gasteiger partial charge is 0.368 e. The SMILES string of the molecule is O=c1[nH]cc(-c2cc(N3CCC(c4ccc(C(F)(F)F)cc4)C3)c3nccn3n2)c(=O)[nH]1. The monoisotopic (exact) mass is 442 g/mol. The highest BCUT2D eigenvalue weighted by atomic mass is 19.4. The van der Waals surface area contributed by atoms with E-state index in [1.54, 1.807) is 23.0 Å². The number of aromatic amines is 2. The lowest BCUT2D eigenvalue weighted by Crippen LogP contribution is -2.24. The van der Waals surface area contributed by atoms with E-state index in [0.29, 0.717) is 24.4 Å². The fourth-order valence-corrected chi connectivity index (χ4v) is 4.06. The lowest BCUT2D eigenvalue weighted by atomic mass is 9.97. The second kappa shape index (κ2) is 7.36. The molecule has 0 radical (unpaired) electrons. The molecule has 32 heavy (non-hydrogen) atoms. The Labute approximate surface area is 178 Å². The van der Waals surface area contributed by atoms with Crippen LogP contribution in [0.3, 0.4) is 0 Å². The van der Waals surface area contributed by atoms with Gasteiger partial charge in [0.05, 0.1) is 16.8 Å². The molecule has 1 aromatic carbocycles. The van der Waals surface area contributed by atoms with Crippen LogP contribution in [0.15, 0.2) is 58.5 Å². The molecule has 1 unspecified atom stereocenters. The minimum absolute atomic E-state index is 0.0559. The molecule has 2 N–H and O–H groups in total. The third-order valence-electron chi connectivity index (χ3n) is 5.67. The molecule has 1 fully saturated rings. The maximum Gasteiger partial charge on any atom is 0.416 e. The highest BCUT2D eigenvalue weighted by molar-refractivity contribution is 5.74. The Morgan fingerprint density at radius 1 is 1.12 bits per heavy atom. The molecule has 8 nitrogen and oxygen atoms in total. The lowest BCUT2D eigenvalue weighted by Gasteiger charge is -2.20. The second-order valence-corrected chi connectivity index (χ2v) is 7.65. The van der Waals surface area contributed by atoms with Crippen LogP contribution in [0.1, 0.15) is 23.5 Å². The Bertz CT molecular complexity index is 1400. The van der Waals surface area contributed by atoms with Crippen molar-refractivity contribution in [2.24, 2.45) is 0 Å². The molecule has 0 aliphatic carbocycles. The first-order valence-corrected chi connectivity index (χ1v) is 9.88. The van der Waals surface area contributed by atoms with Crippen LogP contribution in [0.5, 0.6) is 0 Å². The highest BCUT2D eigenvalue weighted by Gasteiger charge is 2.31. The average Bonchev–Trinajstić information content (AvgIpc) is 3.42. The summed E-state index contributed by atoms with van der Waals surface area (Å²) in [6, 6.07) is 7.01. The van der Waals surface area contributed by atoms with Gasteiger partial charge in [-0.05, 0) is 30.2 Å². The first-order valence-electron chi connectivity index (χ1n) is 9.88. The van der Waals surface area contributed by atoms with Crippen LogP contribution >= 0.6 is 0 Å². The van der Waals surface area contributed by atoms with Gasteiger partial charge in [0, 0.05) is 37.6 Å². The van der Waals surface area contributed by atoms with Crippen molar-refractivity contribution in [3.05, 3.63) is 80.9 Å². The molecule has 4 heterocycles. The standard InChI is InChI=1S/C21H17F3N6O2/c22-21(23,24)14-3-1-12(2-4-14)13-5-7-29(11-13)17-9-16(28-30-8-6-25-18(17)30)15-10-26-20(32)27-19(15)31/h1-4,6,8-10,13H,5,7,11H2,(H2,26,27,31,32). The summed E-state index contributed by atoms with van der Waals surface area (Å²) in [6.07, 6.45) is 0.960. The number of rotatable bonds is 3. The van der Waals surface area contributed by atoms with E-state index >= 15 is 0 Å². The van der Waals surface area contributed by atoms with Crippen molar-refractivity contribution in [2.45, 2.75) is 18.5 Å². The van der Waals surface area contributed by atoms with Gasteiger partial charge in [0.2, 0.25) is 0 Å². The van der Waals surface area contributed by atoms with E-state index in [4.69, 9.17) is 0 Å². The van der Waals surface area contributed by atoms with Gasteiger partial charge in [-0.15, -0.1) is 0 Å². The Balaban J connectivity index is 1.48. The number of halogens is 3. The molecule has 0 spiro atoms. The van der Waals surface area contributed by atoms with Gasteiger partial charge < -0.3 is 9.88 Å². The zero-order chi connectivity index (χ0) is 22.5. The summed E-state index contributed by atoms with van der Waals surface area (Å²) < 4.78 is 40.1. The summed E-state index contributed by atoms with van der Waals surface area (Å²) in [4.78, 5) is 34.7. The van der Waals surface area contributed by atoms with Crippen LogP contribution in [-0.2, 0) is 6.18 Å². The van der Waals surface area contributed by atoms with Gasteiger partial charge in [-0.1, -0.05) is 12.1 Å². The summed E-state index contributed by atoms with van der Waals surface area (Å²) in [5.41, 5.74) is 0.923. The van der Waals surface area contributed by atoms with Gasteiger partial charge in [-0.2, -0.15) is 18.3 Å². The molecular formula is C21H17F3N6O2. The number of benzene rings is 1. The van der Waals surface area contributed by atoms with Crippen molar-refractivity contribution in [1.82, 2.24) is 24.6 Å². The van der Waals surface area contributed by atoms with Crippen molar-refractivity contribution in [3.8, 4) is 11.3 Å². The normalized spacial score (nSPS) is 16.7. The summed E-state index contributed by atoms with van der Waals surface area (Å²) in [5.74, 6) is 0.0559. The van der Waals surface area contributed by atoms with Gasteiger partial charge in [-0.3, -0.25) is 9.78 Å². The first-order chi connectivity index (χ1) is 15.3. The highest BCUT2D eigenvalue weighted by Crippen LogP contribution is 2.35. The fraction of sp³-hybridized carbons (Fsp3) is 0.238. The maximum atomic E-state index is 12.9. The zero-order valence-corrected chi connectivity index (χ0v) is 16.6. The number of hydrogen-bond acceptors (Lipinski definition) is 5. The van der Waals surface area contributed by atoms with Crippen molar-refractivity contribution in [2.75, 3.05) is 18.0 Å². The Hall–Kier alpha value is -3.89. The lowest BCUT2D eigenvalue weighted by molar-refractivity contribution is -0.137. The number of nitrogens with zero attached hydrogens (tertiary/aromatic N) is 4. The molecule has 11 heteroatoms. The number of anilines is 1. The van der Waals surface area contributed by atoms with E-state index in [-0.39, 0.29) is 11.5 Å². The van der Waals surface area contributed by atoms with Gasteiger partial charge in [-0.25, -0.2) is 14.3 Å². The summed E-state index contributed by atoms with van der Waals surface area (Å²) in [7, 11) is 0. The predicted octanol–water partition coefficient (Wildman–Crippen LogP) is 2.79. The Kier molecular flexibility index (Phi) is 4.61. The third kappa shape index (κ3) is 3.55. The van der Waals surface area contributed by atoms with Crippen LogP contribution in [0.25, 0.3) is 16.9 Å². The van der Waals surface area contributed by atoms with E-state index in [1.807, 2.05) is 0 Å². The number of hydrogen-bond donors (Lipinski definition) is 2. The molecule has 1 atom stereocenters. The number of nitrogens with one attached hydrogen (secondary N) is 2. The number of H-pyrrole nitrogens is 2. The number of aromatic nitrogens is 5. The van der Waals surface area contributed by atoms with Gasteiger partial charge in [0.15, 0.2) is 5.65 Å². The van der Waals surface area contributed by atoms with Crippen LogP contribution in [0.2, 0.25) is 0 Å². The van der Waals surface area contributed by atoms with Crippen LogP contribution in [0.4, 0.5) is 18.9 Å². The predicted molar refractivity (Wildman–Crippen MR) is 111 cm³/mol. The summed E-state index contributed by atoms with van der Waals surface area (Å²) in [5, 5.41) is 4.42. The fourth-order valence-electron chi connectivity index (χ4n) is 4.06. The van der Waals surface area contributed by atoms with Crippen molar-refractivity contribution in [1.29, 1.82) is 0 Å². The largest absolute Gasteiger partial charge is 0.416 e. The molecule has 0 saturated carbocycles. The first kappa shape index (κ1) is 20.0. The Morgan fingerprint density at radius 3 is 2.62 bits per heavy atom. The molecule has 0 amide bonds. The van der Waals surface area contributed by atoms with Gasteiger partial charge >= 0.3 is 11.9 Å². The third-order valence-corrected chi connectivity index (χ3v) is 5.67. The molecule has 0 bridgehead atoms. The van der Waals surface area contributed by atoms with Crippen molar-refractivity contribution >= 4 is 11.3 Å². The molecule has 1 aliphatic rings. The molecule has 4 aromatic rings. The number of fused-ring (bicyclic) bond motifs is 1. The quantitative estimate of drug-likeness (QED) is 0.508. The minimum Gasteiger partial charge on any atom is -0.368 e. The molecule has 1 saturated heterocycles. The summed E-state index contributed by atoms with van der Waals surface area (Å²) in [6.45, 7) is 1.25. The van der Waals surface area contributed by atoms with Gasteiger partial charge in [0.1, 0.15) is 5.69 Å². The number of alkyl halides is 3. The van der Waals surface area contributed by atoms with E-state index < -0.39 is 23.0 Å². The summed E-state index contributed by atoms with van der Waals surface area (Å²) >= 11 is 0. The van der Waals surface area contributed by atoms with Crippen LogP contribution in [0, 0.1) is 0 Å². The van der Waals surface area contributed by atoms with E-state index in [0.717, 1.165) is 29.8 Å². The molecule has 1 aliphatic heterocycles. The molecule has 3 aromatic heterocycles. The molecular weight excluding hydrogens is 425 g/mol. The van der Waals surface area contributed by atoms with E-state index in [9.17, 15) is 22.8 Å². The van der Waals surface area contributed by atoms with Gasteiger partial charge in [0.25, 0.3) is 5.56 Å². The minimum atomic E-state index is -4.36. The molecule has 164 valence electrons. The topological polar surface area (TPSA) is 99.2 Å².